The number of carbonyl (C=O) groups is 2. The molecule has 154 valence electrons. The van der Waals surface area contributed by atoms with E-state index in [0.717, 1.165) is 17.3 Å². The van der Waals surface area contributed by atoms with E-state index in [-0.39, 0.29) is 11.6 Å². The van der Waals surface area contributed by atoms with Crippen molar-refractivity contribution in [2.75, 3.05) is 11.4 Å². The van der Waals surface area contributed by atoms with E-state index in [1.165, 1.54) is 12.1 Å². The molecule has 2 aliphatic heterocycles. The van der Waals surface area contributed by atoms with Crippen LogP contribution in [0, 0.1) is 18.6 Å². The number of hydrogen-bond acceptors (Lipinski definition) is 3. The van der Waals surface area contributed by atoms with E-state index in [1.807, 2.05) is 31.2 Å². The number of anilines is 1. The highest BCUT2D eigenvalue weighted by Crippen LogP contribution is 2.36. The summed E-state index contributed by atoms with van der Waals surface area (Å²) in [5.74, 6) is -2.37. The quantitative estimate of drug-likeness (QED) is 0.838. The molecule has 4 rings (SSSR count). The van der Waals surface area contributed by atoms with Gasteiger partial charge in [0, 0.05) is 23.9 Å². The lowest BCUT2D eigenvalue weighted by atomic mass is 9.91. The largest absolute Gasteiger partial charge is 0.364 e. The lowest BCUT2D eigenvalue weighted by molar-refractivity contribution is -0.115. The van der Waals surface area contributed by atoms with Gasteiger partial charge in [-0.2, -0.15) is 0 Å². The predicted molar refractivity (Wildman–Crippen MR) is 110 cm³/mol. The fourth-order valence-corrected chi connectivity index (χ4v) is 4.18. The summed E-state index contributed by atoms with van der Waals surface area (Å²) >= 11 is 0. The molecular weight excluding hydrogens is 388 g/mol. The molecule has 2 aromatic rings. The average molecular weight is 409 g/mol. The average Bonchev–Trinajstić information content (AvgIpc) is 2.89. The van der Waals surface area contributed by atoms with Crippen molar-refractivity contribution >= 4 is 23.2 Å². The van der Waals surface area contributed by atoms with E-state index in [1.54, 1.807) is 4.90 Å². The Morgan fingerprint density at radius 1 is 1.10 bits per heavy atom. The normalized spacial score (nSPS) is 19.3. The van der Waals surface area contributed by atoms with E-state index in [2.05, 4.69) is 4.99 Å². The lowest BCUT2D eigenvalue weighted by Crippen LogP contribution is -2.40. The SMILES string of the molecule is Cc1ccccc1N1CCC2=C(CCC(c3cc(F)cc(F)c3)N=C2C(N)=O)C1=O. The van der Waals surface area contributed by atoms with Crippen LogP contribution in [0.15, 0.2) is 58.6 Å². The molecule has 0 aromatic heterocycles. The fraction of sp³-hybridized carbons (Fsp3) is 0.261. The van der Waals surface area contributed by atoms with E-state index in [4.69, 9.17) is 5.73 Å². The topological polar surface area (TPSA) is 75.8 Å². The Morgan fingerprint density at radius 3 is 2.47 bits per heavy atom. The zero-order valence-corrected chi connectivity index (χ0v) is 16.5. The van der Waals surface area contributed by atoms with Crippen molar-refractivity contribution in [1.29, 1.82) is 0 Å². The number of rotatable bonds is 3. The van der Waals surface area contributed by atoms with Gasteiger partial charge in [0.15, 0.2) is 0 Å². The molecule has 2 N–H and O–H groups in total. The maximum absolute atomic E-state index is 13.7. The van der Waals surface area contributed by atoms with Gasteiger partial charge >= 0.3 is 0 Å². The Bertz CT molecular complexity index is 1090. The Hall–Kier alpha value is -3.35. The third kappa shape index (κ3) is 3.63. The number of nitrogens with two attached hydrogens (primary N) is 1. The van der Waals surface area contributed by atoms with Gasteiger partial charge in [0.2, 0.25) is 0 Å². The van der Waals surface area contributed by atoms with Crippen LogP contribution < -0.4 is 10.6 Å². The van der Waals surface area contributed by atoms with Gasteiger partial charge < -0.3 is 10.6 Å². The number of benzene rings is 2. The Balaban J connectivity index is 1.72. The minimum absolute atomic E-state index is 0.0231. The van der Waals surface area contributed by atoms with Gasteiger partial charge in [-0.1, -0.05) is 18.2 Å². The minimum Gasteiger partial charge on any atom is -0.364 e. The predicted octanol–water partition coefficient (Wildman–Crippen LogP) is 3.77. The Morgan fingerprint density at radius 2 is 1.80 bits per heavy atom. The smallest absolute Gasteiger partial charge is 0.267 e. The summed E-state index contributed by atoms with van der Waals surface area (Å²) in [5.41, 5.74) is 8.74. The maximum Gasteiger partial charge on any atom is 0.267 e. The zero-order chi connectivity index (χ0) is 21.4. The van der Waals surface area contributed by atoms with Crippen LogP contribution >= 0.6 is 0 Å². The van der Waals surface area contributed by atoms with Gasteiger partial charge in [0.05, 0.1) is 6.04 Å². The first-order valence-electron chi connectivity index (χ1n) is 9.78. The molecule has 2 aliphatic rings. The molecule has 0 radical (unpaired) electrons. The monoisotopic (exact) mass is 409 g/mol. The highest BCUT2D eigenvalue weighted by Gasteiger charge is 2.34. The molecule has 1 atom stereocenters. The number of amides is 2. The molecule has 0 bridgehead atoms. The van der Waals surface area contributed by atoms with Crippen LogP contribution in [0.4, 0.5) is 14.5 Å². The summed E-state index contributed by atoms with van der Waals surface area (Å²) in [4.78, 5) is 31.6. The molecule has 0 fully saturated rings. The number of aliphatic imine (C=N–C) groups is 1. The molecule has 7 heteroatoms. The number of aryl methyl sites for hydroxylation is 1. The first-order chi connectivity index (χ1) is 14.3. The van der Waals surface area contributed by atoms with Crippen LogP contribution in [0.2, 0.25) is 0 Å². The second-order valence-corrected chi connectivity index (χ2v) is 7.55. The lowest BCUT2D eigenvalue weighted by Gasteiger charge is -2.31. The zero-order valence-electron chi connectivity index (χ0n) is 16.5. The van der Waals surface area contributed by atoms with Crippen LogP contribution in [0.1, 0.15) is 36.4 Å². The van der Waals surface area contributed by atoms with Gasteiger partial charge in [-0.15, -0.1) is 0 Å². The second-order valence-electron chi connectivity index (χ2n) is 7.55. The van der Waals surface area contributed by atoms with Gasteiger partial charge in [0.1, 0.15) is 17.3 Å². The molecule has 2 aromatic carbocycles. The fourth-order valence-electron chi connectivity index (χ4n) is 4.18. The van der Waals surface area contributed by atoms with Crippen molar-refractivity contribution in [2.24, 2.45) is 10.7 Å². The molecule has 1 unspecified atom stereocenters. The van der Waals surface area contributed by atoms with Crippen LogP contribution in [-0.2, 0) is 9.59 Å². The summed E-state index contributed by atoms with van der Waals surface area (Å²) in [7, 11) is 0. The van der Waals surface area contributed by atoms with Crippen molar-refractivity contribution in [3.8, 4) is 0 Å². The summed E-state index contributed by atoms with van der Waals surface area (Å²) < 4.78 is 27.4. The molecule has 0 spiro atoms. The van der Waals surface area contributed by atoms with Crippen molar-refractivity contribution in [1.82, 2.24) is 0 Å². The van der Waals surface area contributed by atoms with E-state index >= 15 is 0 Å². The molecule has 0 saturated heterocycles. The van der Waals surface area contributed by atoms with Crippen molar-refractivity contribution in [2.45, 2.75) is 32.2 Å². The molecular formula is C23H21F2N3O2. The van der Waals surface area contributed by atoms with Crippen LogP contribution in [0.5, 0.6) is 0 Å². The Labute approximate surface area is 172 Å². The van der Waals surface area contributed by atoms with Crippen molar-refractivity contribution in [3.05, 3.63) is 76.4 Å². The number of hydrogen-bond donors (Lipinski definition) is 1. The number of primary amides is 1. The maximum atomic E-state index is 13.7. The number of para-hydroxylation sites is 1. The van der Waals surface area contributed by atoms with Crippen LogP contribution in [-0.4, -0.2) is 24.1 Å². The van der Waals surface area contributed by atoms with E-state index in [0.29, 0.717) is 42.5 Å². The number of nitrogens with zero attached hydrogens (tertiary/aromatic N) is 2. The molecule has 5 nitrogen and oxygen atoms in total. The first kappa shape index (κ1) is 19.9. The number of halogens is 2. The molecule has 2 heterocycles. The molecule has 0 aliphatic carbocycles. The molecule has 2 amide bonds. The third-order valence-electron chi connectivity index (χ3n) is 5.60. The van der Waals surface area contributed by atoms with Crippen molar-refractivity contribution < 1.29 is 18.4 Å². The molecule has 0 saturated carbocycles. The summed E-state index contributed by atoms with van der Waals surface area (Å²) in [5, 5.41) is 0. The summed E-state index contributed by atoms with van der Waals surface area (Å²) in [6.45, 7) is 2.33. The van der Waals surface area contributed by atoms with Gasteiger partial charge in [-0.25, -0.2) is 8.78 Å². The third-order valence-corrected chi connectivity index (χ3v) is 5.60. The van der Waals surface area contributed by atoms with E-state index in [9.17, 15) is 18.4 Å². The van der Waals surface area contributed by atoms with Crippen molar-refractivity contribution in [3.63, 3.8) is 0 Å². The molecule has 30 heavy (non-hydrogen) atoms. The van der Waals surface area contributed by atoms with Gasteiger partial charge in [-0.3, -0.25) is 14.6 Å². The number of carbonyl (C=O) groups excluding carboxylic acids is 2. The Kier molecular flexibility index (Phi) is 5.20. The standard InChI is InChI=1S/C23H21F2N3O2/c1-13-4-2-3-5-20(13)28-9-8-17-18(23(28)30)6-7-19(27-21(17)22(26)29)14-10-15(24)12-16(25)11-14/h2-5,10-12,19H,6-9H2,1H3,(H2,26,29). The van der Waals surface area contributed by atoms with Gasteiger partial charge in [-0.05, 0) is 61.1 Å². The first-order valence-corrected chi connectivity index (χ1v) is 9.78. The summed E-state index contributed by atoms with van der Waals surface area (Å²) in [6, 6.07) is 10.1. The highest BCUT2D eigenvalue weighted by molar-refractivity contribution is 6.46. The van der Waals surface area contributed by atoms with E-state index < -0.39 is 23.6 Å². The minimum atomic E-state index is -0.747. The van der Waals surface area contributed by atoms with Gasteiger partial charge in [0.25, 0.3) is 11.8 Å². The summed E-state index contributed by atoms with van der Waals surface area (Å²) in [6.07, 6.45) is 1.10. The second kappa shape index (κ2) is 7.82. The van der Waals surface area contributed by atoms with Crippen LogP contribution in [0.25, 0.3) is 0 Å². The van der Waals surface area contributed by atoms with Crippen LogP contribution in [0.3, 0.4) is 0 Å². The highest BCUT2D eigenvalue weighted by atomic mass is 19.1.